The lowest BCUT2D eigenvalue weighted by atomic mass is 10.0. The molecule has 0 bridgehead atoms. The third kappa shape index (κ3) is 42.8. The molecule has 0 radical (unpaired) electrons. The van der Waals surface area contributed by atoms with Gasteiger partial charge in [-0.15, -0.1) is 0 Å². The molecule has 16 heteroatoms. The number of esters is 6. The summed E-state index contributed by atoms with van der Waals surface area (Å²) in [4.78, 5) is 94.9. The van der Waals surface area contributed by atoms with Gasteiger partial charge in [-0.3, -0.25) is 28.8 Å². The minimum absolute atomic E-state index is 0.0954. The van der Waals surface area contributed by atoms with Crippen LogP contribution < -0.4 is 0 Å². The van der Waals surface area contributed by atoms with E-state index in [2.05, 4.69) is 41.5 Å². The highest BCUT2D eigenvalue weighted by atomic mass is 16.6. The lowest BCUT2D eigenvalue weighted by Gasteiger charge is -2.23. The average molecular weight is 1070 g/mol. The van der Waals surface area contributed by atoms with Gasteiger partial charge in [-0.25, -0.2) is 4.79 Å². The lowest BCUT2D eigenvalue weighted by Crippen LogP contribution is -2.36. The van der Waals surface area contributed by atoms with Gasteiger partial charge in [-0.1, -0.05) is 178 Å². The van der Waals surface area contributed by atoms with Crippen LogP contribution in [0.4, 0.5) is 4.79 Å². The Kier molecular flexibility index (Phi) is 48.4. The van der Waals surface area contributed by atoms with Crippen molar-refractivity contribution < 1.29 is 66.7 Å². The van der Waals surface area contributed by atoms with Gasteiger partial charge < -0.3 is 43.0 Å². The van der Waals surface area contributed by atoms with E-state index in [1.54, 1.807) is 0 Å². The summed E-state index contributed by atoms with van der Waals surface area (Å²) in [7, 11) is 3.84. The third-order valence-corrected chi connectivity index (χ3v) is 12.7. The second-order valence-corrected chi connectivity index (χ2v) is 20.9. The number of carbonyl (C=O) groups is 7. The van der Waals surface area contributed by atoms with E-state index in [9.17, 15) is 33.6 Å². The van der Waals surface area contributed by atoms with Crippen molar-refractivity contribution in [2.45, 2.75) is 248 Å². The molecule has 1 amide bonds. The number of ether oxygens (including phenoxy) is 7. The molecule has 0 spiro atoms. The monoisotopic (exact) mass is 1070 g/mol. The summed E-state index contributed by atoms with van der Waals surface area (Å²) >= 11 is 0. The van der Waals surface area contributed by atoms with Crippen LogP contribution in [-0.4, -0.2) is 131 Å². The van der Waals surface area contributed by atoms with Crippen LogP contribution in [0.25, 0.3) is 0 Å². The molecule has 0 aromatic heterocycles. The van der Waals surface area contributed by atoms with E-state index in [1.807, 2.05) is 46.7 Å². The van der Waals surface area contributed by atoms with Crippen molar-refractivity contribution in [3.8, 4) is 0 Å². The van der Waals surface area contributed by atoms with E-state index in [1.165, 1.54) is 11.3 Å². The molecule has 75 heavy (non-hydrogen) atoms. The van der Waals surface area contributed by atoms with Gasteiger partial charge in [0.2, 0.25) is 0 Å². The molecule has 0 rings (SSSR count). The molecule has 0 saturated carbocycles. The number of nitrogens with zero attached hydrogens (tertiary/aromatic N) is 2. The molecule has 4 atom stereocenters. The first kappa shape index (κ1) is 73.1. The summed E-state index contributed by atoms with van der Waals surface area (Å²) in [5, 5.41) is 0. The normalized spacial score (nSPS) is 13.5. The maximum absolute atomic E-state index is 13.4. The summed E-state index contributed by atoms with van der Waals surface area (Å²) < 4.78 is 39.3. The van der Waals surface area contributed by atoms with Crippen molar-refractivity contribution >= 4 is 41.9 Å². The first-order valence-electron chi connectivity index (χ1n) is 29.5. The van der Waals surface area contributed by atoms with E-state index in [0.29, 0.717) is 38.6 Å². The average Bonchev–Trinajstić information content (AvgIpc) is 3.38. The first-order chi connectivity index (χ1) is 35.9. The Hall–Kier alpha value is -3.95. The van der Waals surface area contributed by atoms with E-state index >= 15 is 0 Å². The van der Waals surface area contributed by atoms with Crippen molar-refractivity contribution in [2.24, 2.45) is 23.7 Å². The van der Waals surface area contributed by atoms with Crippen LogP contribution in [-0.2, 0) is 61.9 Å². The quantitative estimate of drug-likeness (QED) is 0.0317. The molecule has 0 fully saturated rings. The van der Waals surface area contributed by atoms with Crippen LogP contribution in [0.5, 0.6) is 0 Å². The lowest BCUT2D eigenvalue weighted by molar-refractivity contribution is -0.169. The topological polar surface area (TPSA) is 191 Å². The van der Waals surface area contributed by atoms with Crippen LogP contribution >= 0.6 is 0 Å². The number of amides is 1. The van der Waals surface area contributed by atoms with Gasteiger partial charge >= 0.3 is 41.9 Å². The van der Waals surface area contributed by atoms with Crippen LogP contribution in [0.15, 0.2) is 0 Å². The predicted molar refractivity (Wildman–Crippen MR) is 296 cm³/mol. The zero-order valence-electron chi connectivity index (χ0n) is 49.6. The first-order valence-corrected chi connectivity index (χ1v) is 29.5. The maximum atomic E-state index is 13.4. The number of hydrogen-bond acceptors (Lipinski definition) is 15. The summed E-state index contributed by atoms with van der Waals surface area (Å²) in [5.41, 5.74) is 0. The molecular formula is C59H110N2O14. The Morgan fingerprint density at radius 1 is 0.373 bits per heavy atom. The molecule has 0 aliphatic heterocycles. The van der Waals surface area contributed by atoms with Crippen LogP contribution in [0, 0.1) is 23.7 Å². The highest BCUT2D eigenvalue weighted by molar-refractivity contribution is 5.74. The van der Waals surface area contributed by atoms with Gasteiger partial charge in [0.15, 0.2) is 12.2 Å². The Bertz CT molecular complexity index is 1320. The van der Waals surface area contributed by atoms with Gasteiger partial charge in [-0.2, -0.15) is 0 Å². The second-order valence-electron chi connectivity index (χ2n) is 20.9. The molecule has 0 aliphatic carbocycles. The Morgan fingerprint density at radius 3 is 0.933 bits per heavy atom. The molecule has 0 N–H and O–H groups in total. The second kappa shape index (κ2) is 49.6. The maximum Gasteiger partial charge on any atom is 0.409 e. The van der Waals surface area contributed by atoms with Crippen molar-refractivity contribution in [1.82, 2.24) is 9.80 Å². The Morgan fingerprint density at radius 2 is 0.667 bits per heavy atom. The number of carbonyl (C=O) groups excluding carboxylic acids is 7. The predicted octanol–water partition coefficient (Wildman–Crippen LogP) is 12.8. The largest absolute Gasteiger partial charge is 0.461 e. The summed E-state index contributed by atoms with van der Waals surface area (Å²) in [6.07, 6.45) is 18.4. The highest BCUT2D eigenvalue weighted by Gasteiger charge is 2.26. The third-order valence-electron chi connectivity index (χ3n) is 12.7. The molecule has 0 aromatic rings. The van der Waals surface area contributed by atoms with Gasteiger partial charge in [-0.05, 0) is 59.0 Å². The van der Waals surface area contributed by atoms with Crippen LogP contribution in [0.3, 0.4) is 0 Å². The van der Waals surface area contributed by atoms with Crippen molar-refractivity contribution in [2.75, 3.05) is 66.8 Å². The smallest absolute Gasteiger partial charge is 0.409 e. The van der Waals surface area contributed by atoms with Crippen molar-refractivity contribution in [3.05, 3.63) is 0 Å². The molecule has 440 valence electrons. The van der Waals surface area contributed by atoms with E-state index in [4.69, 9.17) is 33.2 Å². The summed E-state index contributed by atoms with van der Waals surface area (Å²) in [6, 6.07) is 0. The highest BCUT2D eigenvalue weighted by Crippen LogP contribution is 2.18. The van der Waals surface area contributed by atoms with Gasteiger partial charge in [0, 0.05) is 32.5 Å². The van der Waals surface area contributed by atoms with E-state index in [0.717, 1.165) is 103 Å². The van der Waals surface area contributed by atoms with E-state index in [-0.39, 0.29) is 95.5 Å². The van der Waals surface area contributed by atoms with Gasteiger partial charge in [0.1, 0.15) is 26.4 Å². The zero-order valence-corrected chi connectivity index (χ0v) is 49.6. The fraction of sp³-hybridized carbons (Fsp3) is 0.881. The minimum Gasteiger partial charge on any atom is -0.461 e. The molecule has 4 unspecified atom stereocenters. The van der Waals surface area contributed by atoms with Gasteiger partial charge in [0.05, 0.1) is 30.3 Å². The molecule has 0 aromatic carbocycles. The molecule has 0 aliphatic rings. The Labute approximate surface area is 455 Å². The molecule has 0 saturated heterocycles. The minimum atomic E-state index is -1.03. The van der Waals surface area contributed by atoms with Crippen LogP contribution in [0.1, 0.15) is 236 Å². The van der Waals surface area contributed by atoms with Crippen molar-refractivity contribution in [3.63, 3.8) is 0 Å². The fourth-order valence-corrected chi connectivity index (χ4v) is 7.73. The number of unbranched alkanes of at least 4 members (excludes halogenated alkanes) is 12. The van der Waals surface area contributed by atoms with Crippen LogP contribution in [0.2, 0.25) is 0 Å². The standard InChI is InChI=1S/C56H102N2O14.C3H8/c1-11-15-19-23-30-44(5)52(61)67-40-48(41-68-53(62)45(6)31-24-20-16-12-2)71-50(59)34-27-37-58(56(65)66-39-29-36-57(9)10)38-28-35-51(60)72-49(42-69-54(63)46(7)32-25-21-17-13-3)43-70-55(64)47(8)33-26-22-18-14-4;1-3-2/h44-49H,11-43H2,1-10H3;3H2,1-2H3. The number of rotatable bonds is 46. The fourth-order valence-electron chi connectivity index (χ4n) is 7.73. The summed E-state index contributed by atoms with van der Waals surface area (Å²) in [6.45, 7) is 19.9. The van der Waals surface area contributed by atoms with Crippen molar-refractivity contribution in [1.29, 1.82) is 0 Å². The molecular weight excluding hydrogens is 961 g/mol. The number of hydrogen-bond donors (Lipinski definition) is 0. The SMILES string of the molecule is CCC.CCCCCCC(C)C(=O)OCC(COC(=O)C(C)CCCCCC)OC(=O)CCCN(CCCC(=O)OC(COC(=O)C(C)CCCCCC)COC(=O)C(C)CCCCCC)C(=O)OCCCN(C)C. The van der Waals surface area contributed by atoms with Gasteiger partial charge in [0.25, 0.3) is 0 Å². The zero-order chi connectivity index (χ0) is 56.7. The summed E-state index contributed by atoms with van der Waals surface area (Å²) in [5.74, 6) is -4.26. The Balaban J connectivity index is 0. The van der Waals surface area contributed by atoms with E-state index < -0.39 is 54.1 Å². The molecule has 16 nitrogen and oxygen atoms in total. The molecule has 0 heterocycles.